The summed E-state index contributed by atoms with van der Waals surface area (Å²) in [6.07, 6.45) is 3.21. The highest BCUT2D eigenvalue weighted by molar-refractivity contribution is 7.93. The summed E-state index contributed by atoms with van der Waals surface area (Å²) in [7, 11) is -2.10. The normalized spacial score (nSPS) is 11.8. The van der Waals surface area contributed by atoms with Crippen LogP contribution in [0.5, 0.6) is 0 Å². The van der Waals surface area contributed by atoms with E-state index in [4.69, 9.17) is 0 Å². The van der Waals surface area contributed by atoms with Crippen molar-refractivity contribution in [2.45, 2.75) is 5.03 Å². The number of thiazole rings is 2. The fourth-order valence-electron chi connectivity index (χ4n) is 1.62. The van der Waals surface area contributed by atoms with Gasteiger partial charge < -0.3 is 5.32 Å². The Morgan fingerprint density at radius 3 is 2.84 bits per heavy atom. The largest absolute Gasteiger partial charge is 0.371 e. The van der Waals surface area contributed by atoms with Crippen molar-refractivity contribution in [2.24, 2.45) is 0 Å². The lowest BCUT2D eigenvalue weighted by atomic mass is 10.7. The summed E-state index contributed by atoms with van der Waals surface area (Å²) >= 11 is 2.59. The van der Waals surface area contributed by atoms with Gasteiger partial charge >= 0.3 is 0 Å². The molecule has 2 N–H and O–H groups in total. The summed E-state index contributed by atoms with van der Waals surface area (Å²) in [5.74, 6) is 0.316. The van der Waals surface area contributed by atoms with E-state index in [1.807, 2.05) is 0 Å². The van der Waals surface area contributed by atoms with Gasteiger partial charge in [-0.2, -0.15) is 8.42 Å². The quantitative estimate of drug-likeness (QED) is 0.765. The van der Waals surface area contributed by atoms with Crippen molar-refractivity contribution in [2.75, 3.05) is 17.1 Å². The number of nitrogens with one attached hydrogen (secondary N) is 2. The number of anilines is 2. The highest BCUT2D eigenvalue weighted by Crippen LogP contribution is 2.27. The summed E-state index contributed by atoms with van der Waals surface area (Å²) in [5.41, 5.74) is 0. The molecular formula is C9H9N5O2S3. The first-order chi connectivity index (χ1) is 9.12. The fourth-order valence-corrected chi connectivity index (χ4v) is 4.48. The number of rotatable bonds is 4. The summed E-state index contributed by atoms with van der Waals surface area (Å²) in [6.45, 7) is 0. The third-order valence-corrected chi connectivity index (χ3v) is 5.30. The molecule has 100 valence electrons. The number of aromatic nitrogens is 3. The van der Waals surface area contributed by atoms with Crippen LogP contribution in [0.1, 0.15) is 0 Å². The molecule has 3 rings (SSSR count). The molecule has 0 spiro atoms. The molecule has 0 aliphatic heterocycles. The maximum Gasteiger partial charge on any atom is 0.283 e. The smallest absolute Gasteiger partial charge is 0.283 e. The fraction of sp³-hybridized carbons (Fsp3) is 0.111. The number of sulfonamides is 1. The first kappa shape index (κ1) is 12.4. The van der Waals surface area contributed by atoms with Crippen molar-refractivity contribution in [1.29, 1.82) is 0 Å². The average molecular weight is 315 g/mol. The zero-order chi connectivity index (χ0) is 13.5. The lowest BCUT2D eigenvalue weighted by Gasteiger charge is -2.05. The van der Waals surface area contributed by atoms with Gasteiger partial charge in [0, 0.05) is 30.2 Å². The van der Waals surface area contributed by atoms with E-state index < -0.39 is 10.0 Å². The lowest BCUT2D eigenvalue weighted by molar-refractivity contribution is 0.597. The highest BCUT2D eigenvalue weighted by Gasteiger charge is 2.26. The second kappa shape index (κ2) is 4.47. The molecule has 0 radical (unpaired) electrons. The van der Waals surface area contributed by atoms with E-state index in [-0.39, 0.29) is 5.03 Å². The van der Waals surface area contributed by atoms with Gasteiger partial charge in [-0.3, -0.25) is 9.12 Å². The van der Waals surface area contributed by atoms with Gasteiger partial charge in [-0.15, -0.1) is 22.7 Å². The first-order valence-electron chi connectivity index (χ1n) is 5.17. The van der Waals surface area contributed by atoms with Crippen LogP contribution in [0, 0.1) is 0 Å². The molecule has 0 aliphatic rings. The molecule has 19 heavy (non-hydrogen) atoms. The monoisotopic (exact) mass is 315 g/mol. The Balaban J connectivity index is 2.14. The van der Waals surface area contributed by atoms with Crippen LogP contribution in [-0.2, 0) is 10.0 Å². The van der Waals surface area contributed by atoms with Gasteiger partial charge in [0.05, 0.1) is 0 Å². The minimum absolute atomic E-state index is 0.0847. The Bertz CT molecular complexity index is 802. The van der Waals surface area contributed by atoms with Crippen molar-refractivity contribution in [1.82, 2.24) is 14.4 Å². The molecule has 0 unspecified atom stereocenters. The second-order valence-corrected chi connectivity index (χ2v) is 6.88. The molecule has 0 fully saturated rings. The molecule has 3 aromatic heterocycles. The Morgan fingerprint density at radius 2 is 2.16 bits per heavy atom. The van der Waals surface area contributed by atoms with Gasteiger partial charge in [-0.1, -0.05) is 0 Å². The van der Waals surface area contributed by atoms with Crippen LogP contribution in [0.15, 0.2) is 28.2 Å². The molecule has 0 saturated heterocycles. The Labute approximate surface area is 117 Å². The van der Waals surface area contributed by atoms with E-state index in [2.05, 4.69) is 20.0 Å². The van der Waals surface area contributed by atoms with E-state index in [9.17, 15) is 8.42 Å². The first-order valence-corrected chi connectivity index (χ1v) is 8.41. The zero-order valence-electron chi connectivity index (χ0n) is 9.69. The maximum atomic E-state index is 12.4. The van der Waals surface area contributed by atoms with Crippen LogP contribution in [0.25, 0.3) is 4.96 Å². The third kappa shape index (κ3) is 2.07. The zero-order valence-corrected chi connectivity index (χ0v) is 12.1. The summed E-state index contributed by atoms with van der Waals surface area (Å²) < 4.78 is 28.8. The predicted octanol–water partition coefficient (Wildman–Crippen LogP) is 1.69. The second-order valence-electron chi connectivity index (χ2n) is 3.51. The molecule has 3 heterocycles. The number of imidazole rings is 1. The molecule has 0 aliphatic carbocycles. The van der Waals surface area contributed by atoms with Crippen molar-refractivity contribution < 1.29 is 8.42 Å². The number of fused-ring (bicyclic) bond motifs is 1. The molecule has 3 aromatic rings. The minimum Gasteiger partial charge on any atom is -0.371 e. The summed E-state index contributed by atoms with van der Waals surface area (Å²) in [5, 5.41) is 6.69. The van der Waals surface area contributed by atoms with Crippen LogP contribution in [0.2, 0.25) is 0 Å². The predicted molar refractivity (Wildman–Crippen MR) is 75.5 cm³/mol. The van der Waals surface area contributed by atoms with Crippen molar-refractivity contribution in [3.05, 3.63) is 23.2 Å². The SMILES string of the molecule is CNc1nc2sccn2c1S(=O)(=O)Nc1nccs1. The van der Waals surface area contributed by atoms with E-state index in [0.717, 1.165) is 0 Å². The highest BCUT2D eigenvalue weighted by atomic mass is 32.2. The molecule has 0 bridgehead atoms. The molecule has 0 aromatic carbocycles. The van der Waals surface area contributed by atoms with E-state index in [1.54, 1.807) is 24.0 Å². The molecular weight excluding hydrogens is 306 g/mol. The van der Waals surface area contributed by atoms with Gasteiger partial charge in [0.2, 0.25) is 5.03 Å². The maximum absolute atomic E-state index is 12.4. The topological polar surface area (TPSA) is 88.4 Å². The van der Waals surface area contributed by atoms with Gasteiger partial charge in [0.15, 0.2) is 15.9 Å². The van der Waals surface area contributed by atoms with Crippen LogP contribution in [0.3, 0.4) is 0 Å². The Morgan fingerprint density at radius 1 is 1.32 bits per heavy atom. The minimum atomic E-state index is -3.74. The molecule has 0 atom stereocenters. The molecule has 0 saturated carbocycles. The van der Waals surface area contributed by atoms with Crippen molar-refractivity contribution in [3.63, 3.8) is 0 Å². The van der Waals surface area contributed by atoms with Crippen molar-refractivity contribution in [3.8, 4) is 0 Å². The van der Waals surface area contributed by atoms with Crippen LogP contribution < -0.4 is 10.0 Å². The number of hydrogen-bond acceptors (Lipinski definition) is 7. The number of hydrogen-bond donors (Lipinski definition) is 2. The van der Waals surface area contributed by atoms with Gasteiger partial charge in [0.1, 0.15) is 0 Å². The van der Waals surface area contributed by atoms with E-state index >= 15 is 0 Å². The molecule has 10 heteroatoms. The lowest BCUT2D eigenvalue weighted by Crippen LogP contribution is -2.16. The van der Waals surface area contributed by atoms with Crippen LogP contribution in [0.4, 0.5) is 10.9 Å². The van der Waals surface area contributed by atoms with Crippen LogP contribution in [-0.4, -0.2) is 29.8 Å². The van der Waals surface area contributed by atoms with E-state index in [0.29, 0.717) is 15.9 Å². The Kier molecular flexibility index (Phi) is 2.92. The van der Waals surface area contributed by atoms with E-state index in [1.165, 1.54) is 33.3 Å². The summed E-state index contributed by atoms with van der Waals surface area (Å²) in [4.78, 5) is 8.75. The van der Waals surface area contributed by atoms with Crippen molar-refractivity contribution >= 4 is 48.6 Å². The number of nitrogens with zero attached hydrogens (tertiary/aromatic N) is 3. The van der Waals surface area contributed by atoms with Gasteiger partial charge in [-0.05, 0) is 0 Å². The molecule has 7 nitrogen and oxygen atoms in total. The standard InChI is InChI=1S/C9H9N5O2S3/c1-10-6-7(14-3-5-18-9(14)12-6)19(15,16)13-8-11-2-4-17-8/h2-5,10H,1H3,(H,11,13). The summed E-state index contributed by atoms with van der Waals surface area (Å²) in [6, 6.07) is 0. The van der Waals surface area contributed by atoms with Gasteiger partial charge in [0.25, 0.3) is 10.0 Å². The van der Waals surface area contributed by atoms with Crippen LogP contribution >= 0.6 is 22.7 Å². The van der Waals surface area contributed by atoms with Gasteiger partial charge in [-0.25, -0.2) is 9.97 Å². The third-order valence-electron chi connectivity index (χ3n) is 2.36. The average Bonchev–Trinajstić information content (AvgIpc) is 3.01. The Hall–Kier alpha value is -1.65. The molecule has 0 amide bonds.